The van der Waals surface area contributed by atoms with Gasteiger partial charge in [-0.3, -0.25) is 24.5 Å². The molecule has 0 bridgehead atoms. The van der Waals surface area contributed by atoms with Gasteiger partial charge in [0.05, 0.1) is 16.5 Å². The number of benzene rings is 1. The van der Waals surface area contributed by atoms with Crippen LogP contribution >= 0.6 is 0 Å². The van der Waals surface area contributed by atoms with Crippen LogP contribution < -0.4 is 5.76 Å². The Balaban J connectivity index is 1.67. The topological polar surface area (TPSA) is 111 Å². The number of hydrogen-bond acceptors (Lipinski definition) is 6. The Morgan fingerprint density at radius 1 is 1.28 bits per heavy atom. The Labute approximate surface area is 185 Å². The summed E-state index contributed by atoms with van der Waals surface area (Å²) in [5.41, 5.74) is 1.28. The van der Waals surface area contributed by atoms with E-state index in [0.29, 0.717) is 18.4 Å². The summed E-state index contributed by atoms with van der Waals surface area (Å²) in [7, 11) is 1.81. The van der Waals surface area contributed by atoms with E-state index in [1.165, 1.54) is 22.8 Å². The van der Waals surface area contributed by atoms with E-state index in [2.05, 4.69) is 25.8 Å². The molecule has 0 fully saturated rings. The number of non-ortho nitro benzene ring substituents is 1. The number of hydrogen-bond donors (Lipinski definition) is 0. The number of fused-ring (bicyclic) bond motifs is 1. The molecular formula is C23H28N4O5. The monoisotopic (exact) mass is 440 g/mol. The molecular weight excluding hydrogens is 412 g/mol. The lowest BCUT2D eigenvalue weighted by Gasteiger charge is -2.38. The summed E-state index contributed by atoms with van der Waals surface area (Å²) < 4.78 is 6.55. The van der Waals surface area contributed by atoms with Gasteiger partial charge in [-0.1, -0.05) is 26.8 Å². The number of aryl methyl sites for hydroxylation is 1. The summed E-state index contributed by atoms with van der Waals surface area (Å²) in [6.45, 7) is 6.58. The maximum atomic E-state index is 12.9. The minimum atomic E-state index is -0.593. The molecule has 0 aliphatic rings. The molecule has 3 rings (SSSR count). The number of aromatic nitrogens is 2. The van der Waals surface area contributed by atoms with Gasteiger partial charge in [-0.25, -0.2) is 4.79 Å². The van der Waals surface area contributed by atoms with Crippen LogP contribution in [0.4, 0.5) is 5.69 Å². The average molecular weight is 441 g/mol. The lowest BCUT2D eigenvalue weighted by Crippen LogP contribution is -2.46. The highest BCUT2D eigenvalue weighted by molar-refractivity contribution is 5.77. The van der Waals surface area contributed by atoms with Crippen molar-refractivity contribution in [1.82, 2.24) is 14.5 Å². The summed E-state index contributed by atoms with van der Waals surface area (Å²) >= 11 is 0. The molecule has 2 aromatic heterocycles. The fourth-order valence-corrected chi connectivity index (χ4v) is 3.86. The van der Waals surface area contributed by atoms with Gasteiger partial charge < -0.3 is 9.32 Å². The van der Waals surface area contributed by atoms with Crippen molar-refractivity contribution in [3.8, 4) is 0 Å². The number of nitrogens with zero attached hydrogens (tertiary/aromatic N) is 4. The molecule has 0 radical (unpaired) electrons. The van der Waals surface area contributed by atoms with Crippen molar-refractivity contribution < 1.29 is 14.1 Å². The Bertz CT molecular complexity index is 1160. The number of nitro benzene ring substituents is 1. The lowest BCUT2D eigenvalue weighted by atomic mass is 9.82. The van der Waals surface area contributed by atoms with E-state index in [0.717, 1.165) is 5.69 Å². The van der Waals surface area contributed by atoms with Crippen LogP contribution in [0, 0.1) is 15.5 Å². The van der Waals surface area contributed by atoms with Crippen LogP contribution in [0.15, 0.2) is 51.8 Å². The van der Waals surface area contributed by atoms with Crippen LogP contribution in [0.2, 0.25) is 0 Å². The van der Waals surface area contributed by atoms with E-state index in [9.17, 15) is 19.7 Å². The molecule has 9 nitrogen and oxygen atoms in total. The molecule has 0 saturated carbocycles. The third-order valence-corrected chi connectivity index (χ3v) is 5.62. The summed E-state index contributed by atoms with van der Waals surface area (Å²) in [6, 6.07) is 9.78. The predicted molar refractivity (Wildman–Crippen MR) is 120 cm³/mol. The maximum Gasteiger partial charge on any atom is 0.419 e. The largest absolute Gasteiger partial charge is 0.419 e. The van der Waals surface area contributed by atoms with Crippen LogP contribution in [-0.4, -0.2) is 38.4 Å². The van der Waals surface area contributed by atoms with Gasteiger partial charge in [-0.15, -0.1) is 0 Å². The minimum absolute atomic E-state index is 0.0163. The summed E-state index contributed by atoms with van der Waals surface area (Å²) in [4.78, 5) is 41.7. The maximum absolute atomic E-state index is 12.9. The number of pyridine rings is 1. The fraction of sp³-hybridized carbons (Fsp3) is 0.435. The Morgan fingerprint density at radius 2 is 2.03 bits per heavy atom. The predicted octanol–water partition coefficient (Wildman–Crippen LogP) is 3.79. The molecule has 0 unspecified atom stereocenters. The number of amides is 1. The quantitative estimate of drug-likeness (QED) is 0.389. The summed E-state index contributed by atoms with van der Waals surface area (Å²) in [5.74, 6) is -0.610. The number of oxazole rings is 1. The van der Waals surface area contributed by atoms with Crippen molar-refractivity contribution in [3.63, 3.8) is 0 Å². The SMILES string of the molecule is CN(C(=O)CCCn1c(=O)oc2cc([N+](=O)[O-])ccc21)[C@@H](Cc1ccccn1)C(C)(C)C. The van der Waals surface area contributed by atoms with Crippen LogP contribution in [0.5, 0.6) is 0 Å². The number of carbonyl (C=O) groups is 1. The fourth-order valence-electron chi connectivity index (χ4n) is 3.86. The van der Waals surface area contributed by atoms with Crippen molar-refractivity contribution >= 4 is 22.7 Å². The summed E-state index contributed by atoms with van der Waals surface area (Å²) in [6.07, 6.45) is 3.10. The van der Waals surface area contributed by atoms with Gasteiger partial charge in [-0.2, -0.15) is 0 Å². The third kappa shape index (κ3) is 5.22. The van der Waals surface area contributed by atoms with Gasteiger partial charge in [0.2, 0.25) is 5.91 Å². The number of nitro groups is 1. The Morgan fingerprint density at radius 3 is 2.66 bits per heavy atom. The highest BCUT2D eigenvalue weighted by Gasteiger charge is 2.31. The molecule has 3 aromatic rings. The molecule has 9 heteroatoms. The molecule has 0 N–H and O–H groups in total. The van der Waals surface area contributed by atoms with Crippen LogP contribution in [0.3, 0.4) is 0 Å². The first kappa shape index (κ1) is 23.2. The second-order valence-electron chi connectivity index (χ2n) is 8.94. The van der Waals surface area contributed by atoms with Gasteiger partial charge in [0, 0.05) is 50.4 Å². The number of likely N-dealkylation sites (N-methyl/N-ethyl adjacent to an activating group) is 1. The number of rotatable bonds is 8. The minimum Gasteiger partial charge on any atom is -0.407 e. The smallest absolute Gasteiger partial charge is 0.407 e. The summed E-state index contributed by atoms with van der Waals surface area (Å²) in [5, 5.41) is 10.9. The van der Waals surface area contributed by atoms with Crippen molar-refractivity contribution in [2.45, 2.75) is 52.6 Å². The molecule has 0 saturated heterocycles. The first-order valence-corrected chi connectivity index (χ1v) is 10.5. The molecule has 0 spiro atoms. The Kier molecular flexibility index (Phi) is 6.76. The third-order valence-electron chi connectivity index (χ3n) is 5.62. The van der Waals surface area contributed by atoms with Gasteiger partial charge in [0.15, 0.2) is 5.58 Å². The van der Waals surface area contributed by atoms with E-state index in [1.54, 1.807) is 18.1 Å². The highest BCUT2D eigenvalue weighted by atomic mass is 16.6. The van der Waals surface area contributed by atoms with E-state index < -0.39 is 10.7 Å². The second-order valence-corrected chi connectivity index (χ2v) is 8.94. The zero-order valence-electron chi connectivity index (χ0n) is 18.8. The van der Waals surface area contributed by atoms with Crippen LogP contribution in [-0.2, 0) is 17.8 Å². The van der Waals surface area contributed by atoms with Crippen LogP contribution in [0.1, 0.15) is 39.3 Å². The van der Waals surface area contributed by atoms with Gasteiger partial charge in [0.25, 0.3) is 5.69 Å². The zero-order valence-corrected chi connectivity index (χ0v) is 18.8. The first-order chi connectivity index (χ1) is 15.1. The van der Waals surface area contributed by atoms with Crippen molar-refractivity contribution in [2.24, 2.45) is 5.41 Å². The second kappa shape index (κ2) is 9.33. The molecule has 2 heterocycles. The van der Waals surface area contributed by atoms with Crippen molar-refractivity contribution in [3.05, 3.63) is 69.0 Å². The molecule has 0 aliphatic carbocycles. The van der Waals surface area contributed by atoms with Crippen LogP contribution in [0.25, 0.3) is 11.1 Å². The zero-order chi connectivity index (χ0) is 23.5. The lowest BCUT2D eigenvalue weighted by molar-refractivity contribution is -0.384. The van der Waals surface area contributed by atoms with E-state index in [1.807, 2.05) is 18.2 Å². The molecule has 170 valence electrons. The van der Waals surface area contributed by atoms with Crippen molar-refractivity contribution in [2.75, 3.05) is 7.05 Å². The molecule has 1 atom stereocenters. The molecule has 1 amide bonds. The van der Waals surface area contributed by atoms with E-state index in [-0.39, 0.29) is 41.6 Å². The van der Waals surface area contributed by atoms with Gasteiger partial charge in [-0.05, 0) is 30.0 Å². The van der Waals surface area contributed by atoms with Gasteiger partial charge >= 0.3 is 5.76 Å². The molecule has 1 aromatic carbocycles. The average Bonchev–Trinajstić information content (AvgIpc) is 3.05. The standard InChI is InChI=1S/C23H28N4O5/c1-23(2,3)20(14-16-8-5-6-12-24-16)25(4)21(28)9-7-13-26-18-11-10-17(27(30)31)15-19(18)32-22(26)29/h5-6,8,10-12,15,20H,7,9,13-14H2,1-4H3/t20-/m0/s1. The Hall–Kier alpha value is -3.49. The molecule has 0 aliphatic heterocycles. The van der Waals surface area contributed by atoms with E-state index in [4.69, 9.17) is 4.42 Å². The van der Waals surface area contributed by atoms with E-state index >= 15 is 0 Å². The van der Waals surface area contributed by atoms with Gasteiger partial charge in [0.1, 0.15) is 0 Å². The van der Waals surface area contributed by atoms with Crippen molar-refractivity contribution in [1.29, 1.82) is 0 Å². The first-order valence-electron chi connectivity index (χ1n) is 10.5. The number of carbonyl (C=O) groups excluding carboxylic acids is 1. The molecule has 32 heavy (non-hydrogen) atoms. The highest BCUT2D eigenvalue weighted by Crippen LogP contribution is 2.27. The normalized spacial score (nSPS) is 12.6.